The zero-order valence-electron chi connectivity index (χ0n) is 12.6. The topological polar surface area (TPSA) is 77.0 Å². The third-order valence-corrected chi connectivity index (χ3v) is 3.74. The maximum absolute atomic E-state index is 12.6. The first-order valence-corrected chi connectivity index (χ1v) is 7.44. The third-order valence-electron chi connectivity index (χ3n) is 3.49. The first-order valence-electron chi connectivity index (χ1n) is 7.06. The van der Waals surface area contributed by atoms with Crippen molar-refractivity contribution >= 4 is 28.5 Å². The molecule has 1 N–H and O–H groups in total. The number of halogens is 1. The molecule has 118 valence electrons. The van der Waals surface area contributed by atoms with Crippen molar-refractivity contribution in [3.05, 3.63) is 57.1 Å². The summed E-state index contributed by atoms with van der Waals surface area (Å²) in [5, 5.41) is 3.87. The second kappa shape index (κ2) is 5.89. The Hall–Kier alpha value is -2.60. The molecule has 2 heterocycles. The fourth-order valence-electron chi connectivity index (χ4n) is 2.39. The van der Waals surface area contributed by atoms with Crippen molar-refractivity contribution in [1.82, 2.24) is 14.8 Å². The quantitative estimate of drug-likeness (QED) is 0.749. The van der Waals surface area contributed by atoms with Gasteiger partial charge in [-0.15, -0.1) is 0 Å². The van der Waals surface area contributed by atoms with Crippen molar-refractivity contribution in [3.8, 4) is 5.69 Å². The van der Waals surface area contributed by atoms with Gasteiger partial charge in [-0.2, -0.15) is 0 Å². The van der Waals surface area contributed by atoms with Crippen LogP contribution in [-0.2, 0) is 4.74 Å². The van der Waals surface area contributed by atoms with Crippen molar-refractivity contribution in [2.75, 3.05) is 6.61 Å². The minimum Gasteiger partial charge on any atom is -0.462 e. The van der Waals surface area contributed by atoms with E-state index in [0.717, 1.165) is 0 Å². The van der Waals surface area contributed by atoms with Crippen LogP contribution in [-0.4, -0.2) is 27.3 Å². The second-order valence-corrected chi connectivity index (χ2v) is 5.39. The molecule has 3 rings (SSSR count). The number of nitrogens with one attached hydrogen (secondary N) is 1. The molecule has 0 aliphatic rings. The van der Waals surface area contributed by atoms with Crippen molar-refractivity contribution in [3.63, 3.8) is 0 Å². The minimum absolute atomic E-state index is 0.247. The highest BCUT2D eigenvalue weighted by molar-refractivity contribution is 6.30. The van der Waals surface area contributed by atoms with Gasteiger partial charge in [0.25, 0.3) is 5.56 Å². The first-order chi connectivity index (χ1) is 11.0. The number of aryl methyl sites for hydroxylation is 1. The predicted octanol–water partition coefficient (Wildman–Crippen LogP) is 2.85. The van der Waals surface area contributed by atoms with E-state index in [1.165, 1.54) is 10.9 Å². The fraction of sp³-hybridized carbons (Fsp3) is 0.188. The highest BCUT2D eigenvalue weighted by Crippen LogP contribution is 2.19. The number of ether oxygens (including phenoxy) is 1. The molecule has 0 saturated heterocycles. The van der Waals surface area contributed by atoms with Crippen LogP contribution in [0.4, 0.5) is 0 Å². The second-order valence-electron chi connectivity index (χ2n) is 4.96. The summed E-state index contributed by atoms with van der Waals surface area (Å²) in [5.41, 5.74) is 1.51. The van der Waals surface area contributed by atoms with Crippen LogP contribution in [0.1, 0.15) is 23.0 Å². The monoisotopic (exact) mass is 331 g/mol. The van der Waals surface area contributed by atoms with Gasteiger partial charge in [0.05, 0.1) is 28.9 Å². The van der Waals surface area contributed by atoms with Gasteiger partial charge >= 0.3 is 5.97 Å². The molecule has 0 bridgehead atoms. The molecule has 0 fully saturated rings. The Kier molecular flexibility index (Phi) is 3.92. The SMILES string of the molecule is CCOC(=O)c1c(C)ncc2c(=O)n(-c3ccc(Cl)cc3)[nH]c12. The van der Waals surface area contributed by atoms with Gasteiger partial charge in [-0.05, 0) is 38.1 Å². The van der Waals surface area contributed by atoms with Gasteiger partial charge in [0.2, 0.25) is 0 Å². The summed E-state index contributed by atoms with van der Waals surface area (Å²) in [7, 11) is 0. The van der Waals surface area contributed by atoms with Gasteiger partial charge in [0, 0.05) is 11.2 Å². The molecule has 1 aromatic carbocycles. The van der Waals surface area contributed by atoms with E-state index in [4.69, 9.17) is 16.3 Å². The highest BCUT2D eigenvalue weighted by Gasteiger charge is 2.20. The van der Waals surface area contributed by atoms with E-state index in [2.05, 4.69) is 10.1 Å². The number of esters is 1. The Morgan fingerprint density at radius 3 is 2.70 bits per heavy atom. The Morgan fingerprint density at radius 2 is 2.04 bits per heavy atom. The van der Waals surface area contributed by atoms with Crippen LogP contribution in [0.3, 0.4) is 0 Å². The molecular weight excluding hydrogens is 318 g/mol. The zero-order chi connectivity index (χ0) is 16.6. The third kappa shape index (κ3) is 2.61. The van der Waals surface area contributed by atoms with Crippen LogP contribution in [0, 0.1) is 6.92 Å². The van der Waals surface area contributed by atoms with Gasteiger partial charge in [-0.25, -0.2) is 9.48 Å². The van der Waals surface area contributed by atoms with Crippen molar-refractivity contribution in [2.45, 2.75) is 13.8 Å². The number of aromatic nitrogens is 3. The normalized spacial score (nSPS) is 10.9. The number of benzene rings is 1. The van der Waals surface area contributed by atoms with Crippen molar-refractivity contribution in [1.29, 1.82) is 0 Å². The van der Waals surface area contributed by atoms with Crippen LogP contribution in [0.2, 0.25) is 5.02 Å². The van der Waals surface area contributed by atoms with Gasteiger partial charge in [0.1, 0.15) is 5.56 Å². The Balaban J connectivity index is 2.26. The van der Waals surface area contributed by atoms with Gasteiger partial charge in [-0.1, -0.05) is 11.6 Å². The highest BCUT2D eigenvalue weighted by atomic mass is 35.5. The van der Waals surface area contributed by atoms with E-state index in [1.807, 2.05) is 0 Å². The molecule has 0 unspecified atom stereocenters. The Morgan fingerprint density at radius 1 is 1.35 bits per heavy atom. The standard InChI is InChI=1S/C16H14ClN3O3/c1-3-23-16(22)13-9(2)18-8-12-14(13)19-20(15(12)21)11-6-4-10(17)5-7-11/h4-8,19H,3H2,1-2H3. The van der Waals surface area contributed by atoms with E-state index in [0.29, 0.717) is 27.3 Å². The number of carbonyl (C=O) groups is 1. The number of hydrogen-bond acceptors (Lipinski definition) is 4. The molecular formula is C16H14ClN3O3. The van der Waals surface area contributed by atoms with E-state index in [-0.39, 0.29) is 17.7 Å². The minimum atomic E-state index is -0.507. The molecule has 0 atom stereocenters. The van der Waals surface area contributed by atoms with Gasteiger partial charge < -0.3 is 4.74 Å². The Labute approximate surface area is 136 Å². The molecule has 7 heteroatoms. The average Bonchev–Trinajstić information content (AvgIpc) is 2.85. The summed E-state index contributed by atoms with van der Waals surface area (Å²) in [6, 6.07) is 6.79. The van der Waals surface area contributed by atoms with Crippen LogP contribution in [0.25, 0.3) is 16.6 Å². The van der Waals surface area contributed by atoms with Crippen LogP contribution >= 0.6 is 11.6 Å². The van der Waals surface area contributed by atoms with Crippen molar-refractivity contribution in [2.24, 2.45) is 0 Å². The average molecular weight is 332 g/mol. The molecule has 2 aromatic heterocycles. The first kappa shape index (κ1) is 15.3. The lowest BCUT2D eigenvalue weighted by Gasteiger charge is -2.05. The molecule has 0 amide bonds. The maximum Gasteiger partial charge on any atom is 0.342 e. The number of pyridine rings is 1. The number of fused-ring (bicyclic) bond motifs is 1. The number of nitrogens with zero attached hydrogens (tertiary/aromatic N) is 2. The smallest absolute Gasteiger partial charge is 0.342 e. The zero-order valence-corrected chi connectivity index (χ0v) is 13.3. The van der Waals surface area contributed by atoms with Crippen LogP contribution in [0.5, 0.6) is 0 Å². The van der Waals surface area contributed by atoms with Gasteiger partial charge in [0.15, 0.2) is 0 Å². The van der Waals surface area contributed by atoms with Crippen molar-refractivity contribution < 1.29 is 9.53 Å². The lowest BCUT2D eigenvalue weighted by atomic mass is 10.1. The van der Waals surface area contributed by atoms with Crippen LogP contribution < -0.4 is 5.56 Å². The maximum atomic E-state index is 12.6. The summed E-state index contributed by atoms with van der Waals surface area (Å²) in [5.74, 6) is -0.507. The number of carbonyl (C=O) groups excluding carboxylic acids is 1. The number of H-pyrrole nitrogens is 1. The number of rotatable bonds is 3. The lowest BCUT2D eigenvalue weighted by molar-refractivity contribution is 0.0527. The van der Waals surface area contributed by atoms with E-state index >= 15 is 0 Å². The lowest BCUT2D eigenvalue weighted by Crippen LogP contribution is -2.14. The fourth-order valence-corrected chi connectivity index (χ4v) is 2.52. The molecule has 0 aliphatic carbocycles. The summed E-state index contributed by atoms with van der Waals surface area (Å²) >= 11 is 5.87. The summed E-state index contributed by atoms with van der Waals surface area (Å²) in [6.07, 6.45) is 1.46. The molecule has 6 nitrogen and oxygen atoms in total. The molecule has 23 heavy (non-hydrogen) atoms. The molecule has 0 aliphatic heterocycles. The summed E-state index contributed by atoms with van der Waals surface area (Å²) < 4.78 is 6.41. The summed E-state index contributed by atoms with van der Waals surface area (Å²) in [6.45, 7) is 3.67. The summed E-state index contributed by atoms with van der Waals surface area (Å²) in [4.78, 5) is 28.9. The van der Waals surface area contributed by atoms with Gasteiger partial charge in [-0.3, -0.25) is 14.9 Å². The van der Waals surface area contributed by atoms with E-state index < -0.39 is 5.97 Å². The number of aromatic amines is 1. The molecule has 0 spiro atoms. The molecule has 0 saturated carbocycles. The van der Waals surface area contributed by atoms with E-state index in [1.54, 1.807) is 38.1 Å². The molecule has 0 radical (unpaired) electrons. The number of hydrogen-bond donors (Lipinski definition) is 1. The molecule has 3 aromatic rings. The Bertz CT molecular complexity index is 942. The van der Waals surface area contributed by atoms with E-state index in [9.17, 15) is 9.59 Å². The predicted molar refractivity (Wildman–Crippen MR) is 87.4 cm³/mol. The largest absolute Gasteiger partial charge is 0.462 e. The van der Waals surface area contributed by atoms with Crippen LogP contribution in [0.15, 0.2) is 35.3 Å².